The maximum atomic E-state index is 5.81. The number of fused-ring (bicyclic) bond motifs is 1. The minimum atomic E-state index is 0.285. The molecule has 0 radical (unpaired) electrons. The number of imidazole rings is 1. The van der Waals surface area contributed by atoms with E-state index in [1.807, 2.05) is 0 Å². The van der Waals surface area contributed by atoms with Gasteiger partial charge in [0.2, 0.25) is 0 Å². The highest BCUT2D eigenvalue weighted by Gasteiger charge is 2.23. The number of nitrogens with two attached hydrogens (primary N) is 1. The van der Waals surface area contributed by atoms with E-state index in [0.29, 0.717) is 6.54 Å². The number of hydrogen-bond donors (Lipinski definition) is 1. The molecule has 1 aliphatic rings. The molecule has 1 aromatic carbocycles. The van der Waals surface area contributed by atoms with Crippen LogP contribution in [-0.4, -0.2) is 47.3 Å². The Balaban J connectivity index is 2.01. The van der Waals surface area contributed by atoms with Crippen molar-refractivity contribution < 1.29 is 4.74 Å². The molecular weight excluding hydrogens is 264 g/mol. The monoisotopic (exact) mass is 288 g/mol. The zero-order valence-corrected chi connectivity index (χ0v) is 12.9. The molecule has 0 aliphatic carbocycles. The van der Waals surface area contributed by atoms with E-state index in [4.69, 9.17) is 15.5 Å². The summed E-state index contributed by atoms with van der Waals surface area (Å²) in [5, 5.41) is 0. The summed E-state index contributed by atoms with van der Waals surface area (Å²) in [5.74, 6) is 1.11. The van der Waals surface area contributed by atoms with Gasteiger partial charge in [-0.2, -0.15) is 0 Å². The second kappa shape index (κ2) is 6.13. The minimum Gasteiger partial charge on any atom is -0.379 e. The molecule has 21 heavy (non-hydrogen) atoms. The van der Waals surface area contributed by atoms with Crippen molar-refractivity contribution in [3.05, 3.63) is 29.6 Å². The van der Waals surface area contributed by atoms with E-state index in [1.165, 1.54) is 11.1 Å². The first-order chi connectivity index (χ1) is 10.2. The molecule has 2 N–H and O–H groups in total. The molecular formula is C16H24N4O. The van der Waals surface area contributed by atoms with Gasteiger partial charge >= 0.3 is 0 Å². The average molecular weight is 288 g/mol. The van der Waals surface area contributed by atoms with Crippen LogP contribution in [0.1, 0.15) is 24.4 Å². The first-order valence-electron chi connectivity index (χ1n) is 7.69. The molecule has 1 saturated heterocycles. The molecule has 0 spiro atoms. The van der Waals surface area contributed by atoms with Gasteiger partial charge in [0.15, 0.2) is 0 Å². The number of morpholine rings is 1. The highest BCUT2D eigenvalue weighted by Crippen LogP contribution is 2.25. The normalized spacial score (nSPS) is 18.2. The Labute approximate surface area is 125 Å². The molecule has 2 heterocycles. The lowest BCUT2D eigenvalue weighted by Crippen LogP contribution is -2.39. The predicted molar refractivity (Wildman–Crippen MR) is 84.3 cm³/mol. The quantitative estimate of drug-likeness (QED) is 0.930. The third-order valence-corrected chi connectivity index (χ3v) is 4.25. The standard InChI is InChI=1S/C16H24N4O/c1-12-3-4-15-14(11-12)18-16(20(15)6-5-17)13(2)19-7-9-21-10-8-19/h3-4,11,13H,5-10,17H2,1-2H3. The van der Waals surface area contributed by atoms with Gasteiger partial charge in [-0.25, -0.2) is 4.98 Å². The van der Waals surface area contributed by atoms with Gasteiger partial charge in [-0.1, -0.05) is 6.07 Å². The van der Waals surface area contributed by atoms with Crippen LogP contribution in [0.25, 0.3) is 11.0 Å². The van der Waals surface area contributed by atoms with E-state index in [-0.39, 0.29) is 6.04 Å². The summed E-state index contributed by atoms with van der Waals surface area (Å²) in [6, 6.07) is 6.73. The van der Waals surface area contributed by atoms with E-state index < -0.39 is 0 Å². The van der Waals surface area contributed by atoms with Gasteiger partial charge in [0.25, 0.3) is 0 Å². The molecule has 3 rings (SSSR count). The van der Waals surface area contributed by atoms with Crippen molar-refractivity contribution in [1.29, 1.82) is 0 Å². The van der Waals surface area contributed by atoms with E-state index in [2.05, 4.69) is 41.5 Å². The van der Waals surface area contributed by atoms with Crippen LogP contribution in [0.15, 0.2) is 18.2 Å². The zero-order chi connectivity index (χ0) is 14.8. The maximum Gasteiger partial charge on any atom is 0.127 e. The van der Waals surface area contributed by atoms with Gasteiger partial charge in [0, 0.05) is 26.2 Å². The van der Waals surface area contributed by atoms with E-state index in [1.54, 1.807) is 0 Å². The Bertz CT molecular complexity index is 616. The highest BCUT2D eigenvalue weighted by molar-refractivity contribution is 5.77. The Hall–Kier alpha value is -1.43. The molecule has 1 atom stereocenters. The van der Waals surface area contributed by atoms with Gasteiger partial charge in [-0.05, 0) is 31.5 Å². The van der Waals surface area contributed by atoms with Crippen LogP contribution < -0.4 is 5.73 Å². The van der Waals surface area contributed by atoms with Crippen LogP contribution >= 0.6 is 0 Å². The van der Waals surface area contributed by atoms with Gasteiger partial charge in [-0.3, -0.25) is 4.90 Å². The zero-order valence-electron chi connectivity index (χ0n) is 12.9. The summed E-state index contributed by atoms with van der Waals surface area (Å²) >= 11 is 0. The molecule has 0 bridgehead atoms. The summed E-state index contributed by atoms with van der Waals surface area (Å²) in [6.45, 7) is 9.31. The van der Waals surface area contributed by atoms with E-state index in [0.717, 1.165) is 44.2 Å². The number of hydrogen-bond acceptors (Lipinski definition) is 4. The highest BCUT2D eigenvalue weighted by atomic mass is 16.5. The average Bonchev–Trinajstić information content (AvgIpc) is 2.85. The molecule has 114 valence electrons. The summed E-state index contributed by atoms with van der Waals surface area (Å²) in [4.78, 5) is 7.33. The van der Waals surface area contributed by atoms with Crippen LogP contribution in [0.4, 0.5) is 0 Å². The second-order valence-electron chi connectivity index (χ2n) is 5.73. The maximum absolute atomic E-state index is 5.81. The van der Waals surface area contributed by atoms with Crippen LogP contribution in [0.2, 0.25) is 0 Å². The lowest BCUT2D eigenvalue weighted by molar-refractivity contribution is 0.0176. The topological polar surface area (TPSA) is 56.3 Å². The van der Waals surface area contributed by atoms with Crippen molar-refractivity contribution in [3.8, 4) is 0 Å². The fraction of sp³-hybridized carbons (Fsp3) is 0.562. The molecule has 5 heteroatoms. The van der Waals surface area contributed by atoms with E-state index >= 15 is 0 Å². The summed E-state index contributed by atoms with van der Waals surface area (Å²) in [6.07, 6.45) is 0. The summed E-state index contributed by atoms with van der Waals surface area (Å²) in [5.41, 5.74) is 9.30. The molecule has 2 aromatic rings. The molecule has 0 amide bonds. The van der Waals surface area contributed by atoms with Gasteiger partial charge in [0.05, 0.1) is 30.3 Å². The fourth-order valence-electron chi connectivity index (χ4n) is 3.07. The van der Waals surface area contributed by atoms with Crippen molar-refractivity contribution in [2.75, 3.05) is 32.8 Å². The Morgan fingerprint density at radius 2 is 2.10 bits per heavy atom. The molecule has 1 fully saturated rings. The SMILES string of the molecule is Cc1ccc2c(c1)nc(C(C)N1CCOCC1)n2CCN. The Morgan fingerprint density at radius 1 is 1.33 bits per heavy atom. The number of rotatable bonds is 4. The van der Waals surface area contributed by atoms with Crippen LogP contribution in [0, 0.1) is 6.92 Å². The number of benzene rings is 1. The smallest absolute Gasteiger partial charge is 0.127 e. The molecule has 1 aromatic heterocycles. The van der Waals surface area contributed by atoms with Crippen molar-refractivity contribution in [1.82, 2.24) is 14.5 Å². The minimum absolute atomic E-state index is 0.285. The number of nitrogens with zero attached hydrogens (tertiary/aromatic N) is 3. The number of aromatic nitrogens is 2. The van der Waals surface area contributed by atoms with Gasteiger partial charge in [-0.15, -0.1) is 0 Å². The molecule has 1 unspecified atom stereocenters. The van der Waals surface area contributed by atoms with Crippen molar-refractivity contribution >= 4 is 11.0 Å². The van der Waals surface area contributed by atoms with Crippen molar-refractivity contribution in [2.24, 2.45) is 5.73 Å². The molecule has 0 saturated carbocycles. The predicted octanol–water partition coefficient (Wildman–Crippen LogP) is 1.70. The van der Waals surface area contributed by atoms with Gasteiger partial charge in [0.1, 0.15) is 5.82 Å². The van der Waals surface area contributed by atoms with Crippen LogP contribution in [0.3, 0.4) is 0 Å². The van der Waals surface area contributed by atoms with Crippen molar-refractivity contribution in [2.45, 2.75) is 26.4 Å². The number of ether oxygens (including phenoxy) is 1. The molecule has 1 aliphatic heterocycles. The third-order valence-electron chi connectivity index (χ3n) is 4.25. The summed E-state index contributed by atoms with van der Waals surface area (Å²) in [7, 11) is 0. The Morgan fingerprint density at radius 3 is 2.81 bits per heavy atom. The van der Waals surface area contributed by atoms with Crippen molar-refractivity contribution in [3.63, 3.8) is 0 Å². The number of aryl methyl sites for hydroxylation is 1. The second-order valence-corrected chi connectivity index (χ2v) is 5.73. The largest absolute Gasteiger partial charge is 0.379 e. The lowest BCUT2D eigenvalue weighted by atomic mass is 10.2. The van der Waals surface area contributed by atoms with Crippen LogP contribution in [0.5, 0.6) is 0 Å². The summed E-state index contributed by atoms with van der Waals surface area (Å²) < 4.78 is 7.72. The van der Waals surface area contributed by atoms with Crippen LogP contribution in [-0.2, 0) is 11.3 Å². The third kappa shape index (κ3) is 2.81. The first kappa shape index (κ1) is 14.5. The Kier molecular flexibility index (Phi) is 4.24. The molecule has 5 nitrogen and oxygen atoms in total. The van der Waals surface area contributed by atoms with Gasteiger partial charge < -0.3 is 15.0 Å². The first-order valence-corrected chi connectivity index (χ1v) is 7.69. The lowest BCUT2D eigenvalue weighted by Gasteiger charge is -2.32. The fourth-order valence-corrected chi connectivity index (χ4v) is 3.07. The van der Waals surface area contributed by atoms with E-state index in [9.17, 15) is 0 Å².